The van der Waals surface area contributed by atoms with E-state index in [-0.39, 0.29) is 0 Å². The Balaban J connectivity index is 1.63. The summed E-state index contributed by atoms with van der Waals surface area (Å²) in [4.78, 5) is 0. The van der Waals surface area contributed by atoms with Gasteiger partial charge < -0.3 is 0 Å². The first-order valence-corrected chi connectivity index (χ1v) is 14.3. The van der Waals surface area contributed by atoms with Crippen LogP contribution in [0.1, 0.15) is 44.5 Å². The molecule has 0 nitrogen and oxygen atoms in total. The minimum Gasteiger partial charge on any atom is -0.0622 e. The number of hydrogen-bond donors (Lipinski definition) is 0. The standard InChI is InChI=1S/C38H25Br/c39-28-23-24-35-36(25-28)38(31-19-9-7-17-29(31)30-18-8-10-20-32(30)38)34-22-12-11-21-33(34)37(35,26-13-3-1-4-14-26)27-15-5-2-6-16-27/h1-25H. The smallest absolute Gasteiger partial charge is 0.0622 e. The van der Waals surface area contributed by atoms with Crippen molar-refractivity contribution in [1.29, 1.82) is 0 Å². The van der Waals surface area contributed by atoms with E-state index in [1.807, 2.05) is 0 Å². The van der Waals surface area contributed by atoms with Crippen LogP contribution in [-0.4, -0.2) is 0 Å². The van der Waals surface area contributed by atoms with Gasteiger partial charge in [-0.1, -0.05) is 155 Å². The van der Waals surface area contributed by atoms with Crippen LogP contribution in [0.15, 0.2) is 156 Å². The van der Waals surface area contributed by atoms with Crippen molar-refractivity contribution in [2.75, 3.05) is 0 Å². The number of benzene rings is 6. The lowest BCUT2D eigenvalue weighted by atomic mass is 9.51. The quantitative estimate of drug-likeness (QED) is 0.197. The summed E-state index contributed by atoms with van der Waals surface area (Å²) < 4.78 is 1.09. The summed E-state index contributed by atoms with van der Waals surface area (Å²) in [5.41, 5.74) is 12.4. The zero-order chi connectivity index (χ0) is 26.0. The lowest BCUT2D eigenvalue weighted by Gasteiger charge is -2.50. The molecule has 39 heavy (non-hydrogen) atoms. The summed E-state index contributed by atoms with van der Waals surface area (Å²) in [6, 6.07) is 56.2. The lowest BCUT2D eigenvalue weighted by molar-refractivity contribution is 0.623. The average Bonchev–Trinajstić information content (AvgIpc) is 3.30. The van der Waals surface area contributed by atoms with Crippen LogP contribution in [0.3, 0.4) is 0 Å². The van der Waals surface area contributed by atoms with Crippen molar-refractivity contribution in [1.82, 2.24) is 0 Å². The van der Waals surface area contributed by atoms with Crippen molar-refractivity contribution < 1.29 is 0 Å². The van der Waals surface area contributed by atoms with Gasteiger partial charge in [0.15, 0.2) is 0 Å². The van der Waals surface area contributed by atoms with Crippen molar-refractivity contribution in [3.63, 3.8) is 0 Å². The van der Waals surface area contributed by atoms with E-state index < -0.39 is 10.8 Å². The first-order chi connectivity index (χ1) is 19.3. The fourth-order valence-corrected chi connectivity index (χ4v) is 7.92. The highest BCUT2D eigenvalue weighted by Gasteiger charge is 2.56. The Labute approximate surface area is 237 Å². The van der Waals surface area contributed by atoms with Gasteiger partial charge in [-0.3, -0.25) is 0 Å². The van der Waals surface area contributed by atoms with Crippen molar-refractivity contribution in [3.8, 4) is 11.1 Å². The van der Waals surface area contributed by atoms with Crippen molar-refractivity contribution >= 4 is 15.9 Å². The van der Waals surface area contributed by atoms with Crippen LogP contribution in [0, 0.1) is 0 Å². The van der Waals surface area contributed by atoms with Gasteiger partial charge in [0, 0.05) is 4.47 Å². The van der Waals surface area contributed by atoms with E-state index in [9.17, 15) is 0 Å². The van der Waals surface area contributed by atoms with Crippen LogP contribution in [-0.2, 0) is 10.8 Å². The summed E-state index contributed by atoms with van der Waals surface area (Å²) in [7, 11) is 0. The van der Waals surface area contributed by atoms with Crippen LogP contribution in [0.4, 0.5) is 0 Å². The van der Waals surface area contributed by atoms with E-state index in [4.69, 9.17) is 0 Å². The SMILES string of the molecule is Brc1ccc2c(c1)C1(c3ccccc3-c3ccccc31)c1ccccc1C2(c1ccccc1)c1ccccc1. The first-order valence-electron chi connectivity index (χ1n) is 13.5. The Kier molecular flexibility index (Phi) is 4.90. The van der Waals surface area contributed by atoms with Gasteiger partial charge in [0.25, 0.3) is 0 Å². The van der Waals surface area contributed by atoms with E-state index in [1.54, 1.807) is 0 Å². The minimum absolute atomic E-state index is 0.421. The third kappa shape index (κ3) is 2.84. The molecule has 0 bridgehead atoms. The molecule has 0 radical (unpaired) electrons. The van der Waals surface area contributed by atoms with E-state index in [0.29, 0.717) is 0 Å². The normalized spacial score (nSPS) is 15.2. The van der Waals surface area contributed by atoms with Gasteiger partial charge in [0.05, 0.1) is 10.8 Å². The van der Waals surface area contributed by atoms with Gasteiger partial charge in [-0.2, -0.15) is 0 Å². The average molecular weight is 562 g/mol. The monoisotopic (exact) mass is 560 g/mol. The predicted molar refractivity (Wildman–Crippen MR) is 163 cm³/mol. The number of rotatable bonds is 2. The third-order valence-corrected chi connectivity index (χ3v) is 9.38. The molecular formula is C38H25Br. The minimum atomic E-state index is -0.465. The summed E-state index contributed by atoms with van der Waals surface area (Å²) in [5.74, 6) is 0. The van der Waals surface area contributed by atoms with Gasteiger partial charge in [0.2, 0.25) is 0 Å². The molecule has 0 N–H and O–H groups in total. The highest BCUT2D eigenvalue weighted by Crippen LogP contribution is 2.64. The van der Waals surface area contributed by atoms with Gasteiger partial charge in [0.1, 0.15) is 0 Å². The highest BCUT2D eigenvalue weighted by molar-refractivity contribution is 9.10. The fraction of sp³-hybridized carbons (Fsp3) is 0.0526. The lowest BCUT2D eigenvalue weighted by Crippen LogP contribution is -2.44. The summed E-state index contributed by atoms with van der Waals surface area (Å²) >= 11 is 3.89. The van der Waals surface area contributed by atoms with Gasteiger partial charge in [-0.05, 0) is 67.8 Å². The summed E-state index contributed by atoms with van der Waals surface area (Å²) in [6.45, 7) is 0. The van der Waals surface area contributed by atoms with Crippen LogP contribution in [0.5, 0.6) is 0 Å². The molecule has 1 spiro atoms. The van der Waals surface area contributed by atoms with E-state index in [0.717, 1.165) is 4.47 Å². The van der Waals surface area contributed by atoms with Crippen molar-refractivity contribution in [3.05, 3.63) is 201 Å². The maximum atomic E-state index is 3.89. The zero-order valence-electron chi connectivity index (χ0n) is 21.3. The molecule has 0 amide bonds. The Morgan fingerprint density at radius 3 is 1.28 bits per heavy atom. The molecule has 6 aromatic rings. The van der Waals surface area contributed by atoms with Gasteiger partial charge in [-0.25, -0.2) is 0 Å². The van der Waals surface area contributed by atoms with Crippen LogP contribution >= 0.6 is 15.9 Å². The first kappa shape index (κ1) is 22.8. The van der Waals surface area contributed by atoms with E-state index >= 15 is 0 Å². The van der Waals surface area contributed by atoms with Crippen LogP contribution < -0.4 is 0 Å². The molecule has 0 heterocycles. The fourth-order valence-electron chi connectivity index (χ4n) is 7.56. The van der Waals surface area contributed by atoms with Crippen LogP contribution in [0.25, 0.3) is 11.1 Å². The molecule has 184 valence electrons. The third-order valence-electron chi connectivity index (χ3n) is 8.89. The molecule has 0 fully saturated rings. The molecule has 2 aliphatic rings. The number of halogens is 1. The van der Waals surface area contributed by atoms with Crippen molar-refractivity contribution in [2.24, 2.45) is 0 Å². The number of hydrogen-bond acceptors (Lipinski definition) is 0. The Bertz CT molecular complexity index is 1780. The Morgan fingerprint density at radius 2 is 0.744 bits per heavy atom. The predicted octanol–water partition coefficient (Wildman–Crippen LogP) is 9.51. The molecular weight excluding hydrogens is 536 g/mol. The number of fused-ring (bicyclic) bond motifs is 9. The second-order valence-corrected chi connectivity index (χ2v) is 11.5. The van der Waals surface area contributed by atoms with Crippen LogP contribution in [0.2, 0.25) is 0 Å². The van der Waals surface area contributed by atoms with Gasteiger partial charge >= 0.3 is 0 Å². The molecule has 6 aromatic carbocycles. The molecule has 0 saturated carbocycles. The largest absolute Gasteiger partial charge is 0.0720 e. The highest BCUT2D eigenvalue weighted by atomic mass is 79.9. The molecule has 1 heteroatoms. The van der Waals surface area contributed by atoms with E-state index in [1.165, 1.54) is 55.6 Å². The molecule has 0 unspecified atom stereocenters. The maximum absolute atomic E-state index is 3.89. The molecule has 2 aliphatic carbocycles. The molecule has 8 rings (SSSR count). The van der Waals surface area contributed by atoms with Crippen molar-refractivity contribution in [2.45, 2.75) is 10.8 Å². The Hall–Kier alpha value is -4.20. The topological polar surface area (TPSA) is 0 Å². The Morgan fingerprint density at radius 1 is 0.333 bits per heavy atom. The molecule has 0 atom stereocenters. The van der Waals surface area contributed by atoms with E-state index in [2.05, 4.69) is 168 Å². The molecule has 0 aromatic heterocycles. The molecule has 0 saturated heterocycles. The summed E-state index contributed by atoms with van der Waals surface area (Å²) in [6.07, 6.45) is 0. The second kappa shape index (κ2) is 8.40. The maximum Gasteiger partial charge on any atom is 0.0720 e. The second-order valence-electron chi connectivity index (χ2n) is 10.6. The summed E-state index contributed by atoms with van der Waals surface area (Å²) in [5, 5.41) is 0. The molecule has 0 aliphatic heterocycles. The van der Waals surface area contributed by atoms with Gasteiger partial charge in [-0.15, -0.1) is 0 Å². The zero-order valence-corrected chi connectivity index (χ0v) is 22.9.